The highest BCUT2D eigenvalue weighted by atomic mass is 16.6. The number of carbonyl (C=O) groups excluding carboxylic acids is 2. The molecule has 0 aliphatic heterocycles. The second kappa shape index (κ2) is 57.1. The van der Waals surface area contributed by atoms with Crippen molar-refractivity contribution < 1.29 is 24.2 Å². The van der Waals surface area contributed by atoms with Gasteiger partial charge in [-0.2, -0.15) is 0 Å². The van der Waals surface area contributed by atoms with Crippen LogP contribution in [-0.2, 0) is 19.1 Å². The Balaban J connectivity index is 3.68. The van der Waals surface area contributed by atoms with E-state index in [-0.39, 0.29) is 31.6 Å². The van der Waals surface area contributed by atoms with Gasteiger partial charge in [-0.05, 0) is 116 Å². The monoisotopic (exact) mass is 937 g/mol. The number of esters is 2. The number of allylic oxidation sites excluding steroid dienone is 24. The molecular formula is C63H100O5. The zero-order valence-electron chi connectivity index (χ0n) is 43.6. The van der Waals surface area contributed by atoms with E-state index in [4.69, 9.17) is 9.47 Å². The zero-order chi connectivity index (χ0) is 49.2. The van der Waals surface area contributed by atoms with Gasteiger partial charge in [-0.15, -0.1) is 0 Å². The van der Waals surface area contributed by atoms with Crippen LogP contribution in [0, 0.1) is 0 Å². The average molecular weight is 937 g/mol. The van der Waals surface area contributed by atoms with Crippen molar-refractivity contribution in [3.8, 4) is 0 Å². The van der Waals surface area contributed by atoms with Crippen LogP contribution in [0.5, 0.6) is 0 Å². The first kappa shape index (κ1) is 63.8. The van der Waals surface area contributed by atoms with E-state index < -0.39 is 6.10 Å². The van der Waals surface area contributed by atoms with E-state index >= 15 is 0 Å². The molecule has 0 aromatic carbocycles. The van der Waals surface area contributed by atoms with Crippen LogP contribution in [0.2, 0.25) is 0 Å². The molecule has 0 fully saturated rings. The zero-order valence-corrected chi connectivity index (χ0v) is 43.6. The number of hydrogen-bond acceptors (Lipinski definition) is 5. The molecule has 0 aromatic rings. The molecule has 1 atom stereocenters. The number of ether oxygens (including phenoxy) is 2. The van der Waals surface area contributed by atoms with Crippen molar-refractivity contribution in [2.24, 2.45) is 0 Å². The van der Waals surface area contributed by atoms with E-state index in [2.05, 4.69) is 160 Å². The Labute approximate surface area is 418 Å². The summed E-state index contributed by atoms with van der Waals surface area (Å²) in [6, 6.07) is 0. The fourth-order valence-corrected chi connectivity index (χ4v) is 7.03. The minimum atomic E-state index is -0.817. The fraction of sp³-hybridized carbons (Fsp3) is 0.587. The lowest BCUT2D eigenvalue weighted by Crippen LogP contribution is -2.28. The molecule has 0 aliphatic carbocycles. The van der Waals surface area contributed by atoms with Crippen molar-refractivity contribution in [2.45, 2.75) is 225 Å². The second-order valence-electron chi connectivity index (χ2n) is 17.6. The lowest BCUT2D eigenvalue weighted by atomic mass is 10.1. The summed E-state index contributed by atoms with van der Waals surface area (Å²) in [4.78, 5) is 24.5. The molecule has 5 nitrogen and oxygen atoms in total. The molecule has 1 N–H and O–H groups in total. The smallest absolute Gasteiger partial charge is 0.306 e. The van der Waals surface area contributed by atoms with E-state index in [9.17, 15) is 14.7 Å². The molecule has 0 rings (SSSR count). The van der Waals surface area contributed by atoms with Crippen LogP contribution < -0.4 is 0 Å². The van der Waals surface area contributed by atoms with E-state index in [1.807, 2.05) is 0 Å². The number of rotatable bonds is 48. The number of aliphatic hydroxyl groups excluding tert-OH is 1. The lowest BCUT2D eigenvalue weighted by molar-refractivity contribution is -0.161. The molecule has 0 saturated carbocycles. The Bertz CT molecular complexity index is 1480. The van der Waals surface area contributed by atoms with Crippen molar-refractivity contribution in [1.82, 2.24) is 0 Å². The first-order chi connectivity index (χ1) is 33.6. The summed E-state index contributed by atoms with van der Waals surface area (Å²) in [6.45, 7) is 3.96. The Morgan fingerprint density at radius 2 is 0.647 bits per heavy atom. The molecule has 382 valence electrons. The molecule has 68 heavy (non-hydrogen) atoms. The van der Waals surface area contributed by atoms with Gasteiger partial charge < -0.3 is 14.6 Å². The molecule has 0 aliphatic rings. The molecule has 0 aromatic heterocycles. The Kier molecular flexibility index (Phi) is 53.6. The molecule has 0 saturated heterocycles. The van der Waals surface area contributed by atoms with Crippen LogP contribution in [0.15, 0.2) is 146 Å². The van der Waals surface area contributed by atoms with Gasteiger partial charge in [0, 0.05) is 12.8 Å². The minimum absolute atomic E-state index is 0.101. The molecule has 0 radical (unpaired) electrons. The van der Waals surface area contributed by atoms with Gasteiger partial charge in [-0.3, -0.25) is 9.59 Å². The minimum Gasteiger partial charge on any atom is -0.462 e. The number of unbranched alkanes of at least 4 members (excludes halogenated alkanes) is 16. The maximum atomic E-state index is 12.3. The van der Waals surface area contributed by atoms with Crippen molar-refractivity contribution in [1.29, 1.82) is 0 Å². The normalized spacial score (nSPS) is 13.4. The predicted molar refractivity (Wildman–Crippen MR) is 297 cm³/mol. The summed E-state index contributed by atoms with van der Waals surface area (Å²) in [6.07, 6.45) is 86.6. The maximum Gasteiger partial charge on any atom is 0.306 e. The van der Waals surface area contributed by atoms with Gasteiger partial charge in [-0.1, -0.05) is 237 Å². The molecule has 1 unspecified atom stereocenters. The molecule has 0 heterocycles. The summed E-state index contributed by atoms with van der Waals surface area (Å²) >= 11 is 0. The largest absolute Gasteiger partial charge is 0.462 e. The van der Waals surface area contributed by atoms with Crippen molar-refractivity contribution in [2.75, 3.05) is 13.2 Å². The third-order valence-electron chi connectivity index (χ3n) is 11.1. The van der Waals surface area contributed by atoms with Crippen LogP contribution in [0.25, 0.3) is 0 Å². The quantitative estimate of drug-likeness (QED) is 0.0374. The fourth-order valence-electron chi connectivity index (χ4n) is 7.03. The van der Waals surface area contributed by atoms with Gasteiger partial charge >= 0.3 is 11.9 Å². The topological polar surface area (TPSA) is 72.8 Å². The van der Waals surface area contributed by atoms with Crippen LogP contribution in [0.4, 0.5) is 0 Å². The first-order valence-corrected chi connectivity index (χ1v) is 27.4. The summed E-state index contributed by atoms with van der Waals surface area (Å²) in [5.41, 5.74) is 0. The Morgan fingerprint density at radius 1 is 0.353 bits per heavy atom. The third kappa shape index (κ3) is 54.4. The lowest BCUT2D eigenvalue weighted by Gasteiger charge is -2.15. The second-order valence-corrected chi connectivity index (χ2v) is 17.6. The van der Waals surface area contributed by atoms with Gasteiger partial charge in [-0.25, -0.2) is 0 Å². The van der Waals surface area contributed by atoms with Crippen LogP contribution in [-0.4, -0.2) is 36.4 Å². The summed E-state index contributed by atoms with van der Waals surface area (Å²) < 4.78 is 10.6. The van der Waals surface area contributed by atoms with Gasteiger partial charge in [0.15, 0.2) is 6.10 Å². The van der Waals surface area contributed by atoms with Crippen LogP contribution in [0.1, 0.15) is 219 Å². The van der Waals surface area contributed by atoms with Gasteiger partial charge in [0.05, 0.1) is 6.61 Å². The molecule has 0 spiro atoms. The van der Waals surface area contributed by atoms with Gasteiger partial charge in [0.25, 0.3) is 0 Å². The number of carbonyl (C=O) groups is 2. The van der Waals surface area contributed by atoms with Crippen LogP contribution in [0.3, 0.4) is 0 Å². The number of aliphatic hydroxyl groups is 1. The van der Waals surface area contributed by atoms with Crippen LogP contribution >= 0.6 is 0 Å². The summed E-state index contributed by atoms with van der Waals surface area (Å²) in [5.74, 6) is -0.675. The van der Waals surface area contributed by atoms with E-state index in [0.29, 0.717) is 12.8 Å². The predicted octanol–water partition coefficient (Wildman–Crippen LogP) is 18.6. The van der Waals surface area contributed by atoms with E-state index in [0.717, 1.165) is 96.3 Å². The van der Waals surface area contributed by atoms with Crippen molar-refractivity contribution in [3.05, 3.63) is 146 Å². The SMILES string of the molecule is CC/C=C\C/C=C\C/C=C\C/C=C\C/C=C\C/C=C\C/C=C\C/C=C\C/C=C\CCCC(=O)OC(CO)COC(=O)CCCCCCCCCCCC/C=C\C/C=C\C/C=C\CCCCCCC. The van der Waals surface area contributed by atoms with E-state index in [1.165, 1.54) is 89.9 Å². The highest BCUT2D eigenvalue weighted by Crippen LogP contribution is 2.13. The average Bonchev–Trinajstić information content (AvgIpc) is 3.34. The summed E-state index contributed by atoms with van der Waals surface area (Å²) in [5, 5.41) is 9.64. The van der Waals surface area contributed by atoms with Crippen molar-refractivity contribution in [3.63, 3.8) is 0 Å². The number of hydrogen-bond donors (Lipinski definition) is 1. The molecule has 0 amide bonds. The molecule has 5 heteroatoms. The van der Waals surface area contributed by atoms with Gasteiger partial charge in [0.1, 0.15) is 6.61 Å². The maximum absolute atomic E-state index is 12.3. The highest BCUT2D eigenvalue weighted by Gasteiger charge is 2.16. The molecular weight excluding hydrogens is 837 g/mol. The van der Waals surface area contributed by atoms with E-state index in [1.54, 1.807) is 0 Å². The summed E-state index contributed by atoms with van der Waals surface area (Å²) in [7, 11) is 0. The first-order valence-electron chi connectivity index (χ1n) is 27.4. The Morgan fingerprint density at radius 3 is 1.00 bits per heavy atom. The van der Waals surface area contributed by atoms with Crippen molar-refractivity contribution >= 4 is 11.9 Å². The van der Waals surface area contributed by atoms with Gasteiger partial charge in [0.2, 0.25) is 0 Å². The standard InChI is InChI=1S/C63H100O5/c1-3-5-7-9-11-13-15-17-19-21-23-25-27-29-30-31-32-34-36-38-40-42-44-46-48-50-52-54-56-58-63(66)68-61(59-64)60-67-62(65)57-55-53-51-49-47-45-43-41-39-37-35-33-28-26-24-22-20-18-16-14-12-10-8-6-4-2/h5,7,11,13,16-19,22-25,28-30,32-34,38,40,44,46,50,52,61,64H,3-4,6,8-10,12,14-15,20-21,26-27,31,35-37,39,41-43,45,47-49,51,53-60H2,1-2H3/b7-5-,13-11-,18-16-,19-17-,24-22-,25-23-,30-29-,33-28-,34-32-,40-38-,46-44-,52-50-. The third-order valence-corrected chi connectivity index (χ3v) is 11.1. The highest BCUT2D eigenvalue weighted by molar-refractivity contribution is 5.70. The molecule has 0 bridgehead atoms. The Hall–Kier alpha value is -4.22.